The largest absolute Gasteiger partial charge is 0.465 e. The number of benzene rings is 1. The van der Waals surface area contributed by atoms with Crippen molar-refractivity contribution < 1.29 is 18.7 Å². The van der Waals surface area contributed by atoms with Gasteiger partial charge in [-0.3, -0.25) is 4.79 Å². The van der Waals surface area contributed by atoms with Crippen LogP contribution in [-0.4, -0.2) is 19.5 Å². The van der Waals surface area contributed by atoms with Gasteiger partial charge in [-0.2, -0.15) is 0 Å². The minimum Gasteiger partial charge on any atom is -0.465 e. The standard InChI is InChI=1S/C9H6BrClFNO3/c1-16-9(15)4-2-5(11)6(10)7(12)8(4)13-3-14/h2-3H,1H3,(H,13,14). The Morgan fingerprint density at radius 1 is 1.69 bits per heavy atom. The summed E-state index contributed by atoms with van der Waals surface area (Å²) >= 11 is 8.57. The van der Waals surface area contributed by atoms with E-state index in [0.717, 1.165) is 7.11 Å². The molecule has 0 fully saturated rings. The summed E-state index contributed by atoms with van der Waals surface area (Å²) in [5, 5.41) is 2.09. The zero-order chi connectivity index (χ0) is 12.3. The molecule has 1 amide bonds. The van der Waals surface area contributed by atoms with Crippen LogP contribution in [0.3, 0.4) is 0 Å². The molecule has 0 unspecified atom stereocenters. The highest BCUT2D eigenvalue weighted by Gasteiger charge is 2.20. The van der Waals surface area contributed by atoms with E-state index in [2.05, 4.69) is 26.0 Å². The summed E-state index contributed by atoms with van der Waals surface area (Å²) in [5.74, 6) is -1.63. The van der Waals surface area contributed by atoms with E-state index in [1.54, 1.807) is 0 Å². The molecule has 16 heavy (non-hydrogen) atoms. The van der Waals surface area contributed by atoms with Gasteiger partial charge in [-0.1, -0.05) is 11.6 Å². The molecule has 1 N–H and O–H groups in total. The van der Waals surface area contributed by atoms with Crippen LogP contribution in [-0.2, 0) is 9.53 Å². The van der Waals surface area contributed by atoms with Crippen molar-refractivity contribution in [1.82, 2.24) is 0 Å². The number of halogens is 3. The summed E-state index contributed by atoms with van der Waals surface area (Å²) < 4.78 is 18.0. The number of rotatable bonds is 3. The van der Waals surface area contributed by atoms with Gasteiger partial charge in [-0.25, -0.2) is 9.18 Å². The molecule has 1 aromatic carbocycles. The van der Waals surface area contributed by atoms with Crippen molar-refractivity contribution in [2.75, 3.05) is 12.4 Å². The molecular weight excluding hydrogens is 304 g/mol. The third-order valence-corrected chi connectivity index (χ3v) is 3.07. The number of hydrogen-bond donors (Lipinski definition) is 1. The van der Waals surface area contributed by atoms with Gasteiger partial charge in [0.1, 0.15) is 0 Å². The molecule has 0 aromatic heterocycles. The second-order valence-corrected chi connectivity index (χ2v) is 3.86. The molecule has 86 valence electrons. The first-order valence-electron chi connectivity index (χ1n) is 3.99. The van der Waals surface area contributed by atoms with E-state index in [9.17, 15) is 14.0 Å². The zero-order valence-corrected chi connectivity index (χ0v) is 10.4. The van der Waals surface area contributed by atoms with Gasteiger partial charge in [0.05, 0.1) is 27.9 Å². The van der Waals surface area contributed by atoms with Crippen molar-refractivity contribution in [2.45, 2.75) is 0 Å². The Morgan fingerprint density at radius 3 is 2.81 bits per heavy atom. The lowest BCUT2D eigenvalue weighted by atomic mass is 10.1. The molecule has 0 aliphatic carbocycles. The number of hydrogen-bond acceptors (Lipinski definition) is 3. The van der Waals surface area contributed by atoms with Crippen molar-refractivity contribution >= 4 is 45.6 Å². The normalized spacial score (nSPS) is 9.75. The van der Waals surface area contributed by atoms with Gasteiger partial charge in [0.15, 0.2) is 5.82 Å². The predicted octanol–water partition coefficient (Wildman–Crippen LogP) is 2.60. The van der Waals surface area contributed by atoms with Gasteiger partial charge in [0, 0.05) is 0 Å². The summed E-state index contributed by atoms with van der Waals surface area (Å²) in [4.78, 5) is 21.6. The molecule has 1 rings (SSSR count). The van der Waals surface area contributed by atoms with Gasteiger partial charge in [-0.05, 0) is 22.0 Å². The number of methoxy groups -OCH3 is 1. The van der Waals surface area contributed by atoms with Crippen LogP contribution in [0.15, 0.2) is 10.5 Å². The minimum atomic E-state index is -0.833. The number of carbonyl (C=O) groups is 2. The Hall–Kier alpha value is -1.14. The summed E-state index contributed by atoms with van der Waals surface area (Å²) in [6.45, 7) is 0. The van der Waals surface area contributed by atoms with Gasteiger partial charge in [-0.15, -0.1) is 0 Å². The number of carbonyl (C=O) groups excluding carboxylic acids is 2. The van der Waals surface area contributed by atoms with Crippen LogP contribution >= 0.6 is 27.5 Å². The average Bonchev–Trinajstić information content (AvgIpc) is 2.28. The summed E-state index contributed by atoms with van der Waals surface area (Å²) in [7, 11) is 1.14. The fraction of sp³-hybridized carbons (Fsp3) is 0.111. The molecule has 0 aliphatic heterocycles. The Bertz CT molecular complexity index is 453. The smallest absolute Gasteiger partial charge is 0.340 e. The number of nitrogens with one attached hydrogen (secondary N) is 1. The molecule has 1 aromatic rings. The summed E-state index contributed by atoms with van der Waals surface area (Å²) in [5.41, 5.74) is -0.432. The van der Waals surface area contributed by atoms with Gasteiger partial charge in [0.25, 0.3) is 0 Å². The highest BCUT2D eigenvalue weighted by Crippen LogP contribution is 2.33. The van der Waals surface area contributed by atoms with Crippen LogP contribution in [0.25, 0.3) is 0 Å². The maximum absolute atomic E-state index is 13.6. The molecule has 4 nitrogen and oxygen atoms in total. The van der Waals surface area contributed by atoms with E-state index in [1.807, 2.05) is 0 Å². The Kier molecular flexibility index (Phi) is 4.26. The van der Waals surface area contributed by atoms with Gasteiger partial charge in [0.2, 0.25) is 6.41 Å². The Balaban J connectivity index is 3.46. The van der Waals surface area contributed by atoms with Crippen LogP contribution in [0.2, 0.25) is 5.02 Å². The zero-order valence-electron chi connectivity index (χ0n) is 8.01. The fourth-order valence-electron chi connectivity index (χ4n) is 1.07. The third-order valence-electron chi connectivity index (χ3n) is 1.77. The number of esters is 1. The molecule has 0 saturated carbocycles. The second kappa shape index (κ2) is 5.27. The number of amides is 1. The minimum absolute atomic E-state index is 0.00866. The predicted molar refractivity (Wildman–Crippen MR) is 60.1 cm³/mol. The SMILES string of the molecule is COC(=O)c1cc(Cl)c(Br)c(F)c1NC=O. The summed E-state index contributed by atoms with van der Waals surface area (Å²) in [6, 6.07) is 1.20. The first kappa shape index (κ1) is 12.9. The number of anilines is 1. The maximum atomic E-state index is 13.6. The van der Waals surface area contributed by atoms with Crippen LogP contribution < -0.4 is 5.32 Å². The van der Waals surface area contributed by atoms with Crippen LogP contribution in [0, 0.1) is 5.82 Å². The third kappa shape index (κ3) is 2.33. The first-order chi connectivity index (χ1) is 7.52. The lowest BCUT2D eigenvalue weighted by Crippen LogP contribution is -2.09. The quantitative estimate of drug-likeness (QED) is 0.530. The topological polar surface area (TPSA) is 55.4 Å². The molecule has 0 atom stereocenters. The second-order valence-electron chi connectivity index (χ2n) is 2.66. The van der Waals surface area contributed by atoms with Gasteiger partial charge >= 0.3 is 5.97 Å². The molecule has 0 heterocycles. The van der Waals surface area contributed by atoms with E-state index < -0.39 is 11.8 Å². The van der Waals surface area contributed by atoms with E-state index in [-0.39, 0.29) is 27.2 Å². The van der Waals surface area contributed by atoms with E-state index in [0.29, 0.717) is 0 Å². The van der Waals surface area contributed by atoms with Crippen molar-refractivity contribution in [3.8, 4) is 0 Å². The van der Waals surface area contributed by atoms with Gasteiger partial charge < -0.3 is 10.1 Å². The highest BCUT2D eigenvalue weighted by atomic mass is 79.9. The van der Waals surface area contributed by atoms with E-state index >= 15 is 0 Å². The molecule has 7 heteroatoms. The highest BCUT2D eigenvalue weighted by molar-refractivity contribution is 9.10. The van der Waals surface area contributed by atoms with Crippen LogP contribution in [0.4, 0.5) is 10.1 Å². The average molecular weight is 311 g/mol. The molecule has 0 bridgehead atoms. The number of ether oxygens (including phenoxy) is 1. The maximum Gasteiger partial charge on any atom is 0.340 e. The molecule has 0 aliphatic rings. The molecular formula is C9H6BrClFNO3. The van der Waals surface area contributed by atoms with Crippen molar-refractivity contribution in [3.05, 3.63) is 26.9 Å². The summed E-state index contributed by atoms with van der Waals surface area (Å²) in [6.07, 6.45) is 0.255. The van der Waals surface area contributed by atoms with Crippen molar-refractivity contribution in [2.24, 2.45) is 0 Å². The Labute approximate surface area is 104 Å². The Morgan fingerprint density at radius 2 is 2.31 bits per heavy atom. The van der Waals surface area contributed by atoms with E-state index in [1.165, 1.54) is 6.07 Å². The fourth-order valence-corrected chi connectivity index (χ4v) is 1.57. The van der Waals surface area contributed by atoms with Crippen molar-refractivity contribution in [3.63, 3.8) is 0 Å². The molecule has 0 radical (unpaired) electrons. The van der Waals surface area contributed by atoms with Crippen LogP contribution in [0.5, 0.6) is 0 Å². The lowest BCUT2D eigenvalue weighted by molar-refractivity contribution is -0.105. The van der Waals surface area contributed by atoms with Crippen LogP contribution in [0.1, 0.15) is 10.4 Å². The lowest BCUT2D eigenvalue weighted by Gasteiger charge is -2.10. The first-order valence-corrected chi connectivity index (χ1v) is 5.16. The molecule has 0 spiro atoms. The monoisotopic (exact) mass is 309 g/mol. The molecule has 0 saturated heterocycles. The van der Waals surface area contributed by atoms with Crippen molar-refractivity contribution in [1.29, 1.82) is 0 Å². The van der Waals surface area contributed by atoms with E-state index in [4.69, 9.17) is 11.6 Å².